The van der Waals surface area contributed by atoms with Crippen molar-refractivity contribution in [2.45, 2.75) is 44.1 Å². The van der Waals surface area contributed by atoms with Crippen molar-refractivity contribution in [3.8, 4) is 11.4 Å². The van der Waals surface area contributed by atoms with Crippen LogP contribution in [0, 0.1) is 0 Å². The molecule has 2 N–H and O–H groups in total. The van der Waals surface area contributed by atoms with E-state index in [-0.39, 0.29) is 12.3 Å². The average molecular weight is 321 g/mol. The molecule has 2 heterocycles. The molecule has 7 nitrogen and oxygen atoms in total. The van der Waals surface area contributed by atoms with Gasteiger partial charge in [-0.05, 0) is 12.8 Å². The first-order valence-corrected chi connectivity index (χ1v) is 8.16. The molecule has 3 rings (SSSR count). The third-order valence-corrected chi connectivity index (χ3v) is 4.54. The zero-order valence-electron chi connectivity index (χ0n) is 12.4. The summed E-state index contributed by atoms with van der Waals surface area (Å²) >= 11 is 1.13. The average Bonchev–Trinajstić information content (AvgIpc) is 3.08. The second-order valence-electron chi connectivity index (χ2n) is 5.84. The van der Waals surface area contributed by atoms with Crippen LogP contribution in [0.2, 0.25) is 0 Å². The molecule has 0 aromatic carbocycles. The monoisotopic (exact) mass is 321 g/mol. The second kappa shape index (κ2) is 6.13. The van der Waals surface area contributed by atoms with Crippen LogP contribution in [0.3, 0.4) is 0 Å². The lowest BCUT2D eigenvalue weighted by atomic mass is 9.82. The quantitative estimate of drug-likeness (QED) is 0.898. The van der Waals surface area contributed by atoms with E-state index in [9.17, 15) is 9.90 Å². The summed E-state index contributed by atoms with van der Waals surface area (Å²) in [6, 6.07) is 0. The lowest BCUT2D eigenvalue weighted by Crippen LogP contribution is -2.35. The molecule has 2 aromatic heterocycles. The number of anilines is 1. The Kier molecular flexibility index (Phi) is 4.21. The fraction of sp³-hybridized carbons (Fsp3) is 0.571. The number of nitrogens with zero attached hydrogens (tertiary/aromatic N) is 4. The van der Waals surface area contributed by atoms with Gasteiger partial charge in [0.1, 0.15) is 0 Å². The van der Waals surface area contributed by atoms with E-state index in [2.05, 4.69) is 19.8 Å². The van der Waals surface area contributed by atoms with Gasteiger partial charge >= 0.3 is 0 Å². The van der Waals surface area contributed by atoms with Crippen LogP contribution in [0.15, 0.2) is 12.4 Å². The van der Waals surface area contributed by atoms with Crippen LogP contribution in [0.1, 0.15) is 38.5 Å². The van der Waals surface area contributed by atoms with E-state index in [1.807, 2.05) is 13.2 Å². The Bertz CT molecular complexity index is 660. The number of carbonyl (C=O) groups excluding carboxylic acids is 1. The number of rotatable bonds is 4. The van der Waals surface area contributed by atoms with E-state index in [4.69, 9.17) is 0 Å². The van der Waals surface area contributed by atoms with Gasteiger partial charge in [0.2, 0.25) is 11.0 Å². The maximum atomic E-state index is 12.1. The van der Waals surface area contributed by atoms with E-state index in [1.54, 1.807) is 10.9 Å². The van der Waals surface area contributed by atoms with Gasteiger partial charge in [0.05, 0.1) is 23.8 Å². The van der Waals surface area contributed by atoms with Crippen LogP contribution in [-0.4, -0.2) is 35.8 Å². The summed E-state index contributed by atoms with van der Waals surface area (Å²) in [7, 11) is 1.82. The van der Waals surface area contributed by atoms with Crippen LogP contribution in [0.4, 0.5) is 5.13 Å². The molecule has 8 heteroatoms. The second-order valence-corrected chi connectivity index (χ2v) is 6.59. The van der Waals surface area contributed by atoms with Gasteiger partial charge in [0.15, 0.2) is 5.82 Å². The fourth-order valence-corrected chi connectivity index (χ4v) is 3.38. The molecule has 0 aliphatic heterocycles. The highest BCUT2D eigenvalue weighted by atomic mass is 32.1. The molecular weight excluding hydrogens is 302 g/mol. The third kappa shape index (κ3) is 3.50. The van der Waals surface area contributed by atoms with Gasteiger partial charge in [-0.1, -0.05) is 19.3 Å². The number of hydrogen-bond acceptors (Lipinski definition) is 6. The smallest absolute Gasteiger partial charge is 0.229 e. The summed E-state index contributed by atoms with van der Waals surface area (Å²) < 4.78 is 5.89. The van der Waals surface area contributed by atoms with Gasteiger partial charge in [0.25, 0.3) is 0 Å². The Hall–Kier alpha value is -1.80. The summed E-state index contributed by atoms with van der Waals surface area (Å²) in [6.07, 6.45) is 8.09. The van der Waals surface area contributed by atoms with Crippen molar-refractivity contribution >= 4 is 22.6 Å². The Labute approximate surface area is 132 Å². The van der Waals surface area contributed by atoms with Crippen molar-refractivity contribution in [2.75, 3.05) is 5.32 Å². The van der Waals surface area contributed by atoms with Crippen molar-refractivity contribution in [3.05, 3.63) is 12.4 Å². The molecule has 2 aromatic rings. The zero-order valence-corrected chi connectivity index (χ0v) is 13.3. The van der Waals surface area contributed by atoms with Crippen molar-refractivity contribution in [3.63, 3.8) is 0 Å². The van der Waals surface area contributed by atoms with Gasteiger partial charge in [-0.15, -0.1) is 0 Å². The van der Waals surface area contributed by atoms with Crippen LogP contribution in [-0.2, 0) is 11.8 Å². The SMILES string of the molecule is Cn1cc(-c2nsc(NC(=O)CC3(O)CCCCC3)n2)cn1. The van der Waals surface area contributed by atoms with Gasteiger partial charge < -0.3 is 10.4 Å². The summed E-state index contributed by atoms with van der Waals surface area (Å²) in [5.74, 6) is 0.336. The number of aryl methyl sites for hydroxylation is 1. The highest BCUT2D eigenvalue weighted by Gasteiger charge is 2.31. The molecule has 22 heavy (non-hydrogen) atoms. The number of hydrogen-bond donors (Lipinski definition) is 2. The van der Waals surface area contributed by atoms with Gasteiger partial charge in [-0.25, -0.2) is 0 Å². The van der Waals surface area contributed by atoms with E-state index < -0.39 is 5.60 Å². The van der Waals surface area contributed by atoms with E-state index >= 15 is 0 Å². The van der Waals surface area contributed by atoms with Crippen molar-refractivity contribution in [1.29, 1.82) is 0 Å². The van der Waals surface area contributed by atoms with Crippen LogP contribution < -0.4 is 5.32 Å². The predicted octanol–water partition coefficient (Wildman–Crippen LogP) is 1.96. The molecule has 0 saturated heterocycles. The Morgan fingerprint density at radius 1 is 1.45 bits per heavy atom. The minimum atomic E-state index is -0.862. The molecule has 1 aliphatic rings. The first-order chi connectivity index (χ1) is 10.5. The predicted molar refractivity (Wildman–Crippen MR) is 83.4 cm³/mol. The normalized spacial score (nSPS) is 17.4. The number of nitrogens with one attached hydrogen (secondary N) is 1. The number of aromatic nitrogens is 4. The molecule has 1 saturated carbocycles. The number of carbonyl (C=O) groups is 1. The van der Waals surface area contributed by atoms with E-state index in [0.717, 1.165) is 36.4 Å². The molecule has 0 atom stereocenters. The fourth-order valence-electron chi connectivity index (χ4n) is 2.78. The standard InChI is InChI=1S/C14H19N5O2S/c1-19-9-10(8-15-19)12-17-13(22-18-12)16-11(20)7-14(21)5-3-2-4-6-14/h8-9,21H,2-7H2,1H3,(H,16,17,18,20). The van der Waals surface area contributed by atoms with Gasteiger partial charge in [-0.3, -0.25) is 9.48 Å². The Balaban J connectivity index is 1.61. The number of aliphatic hydroxyl groups is 1. The maximum Gasteiger partial charge on any atom is 0.229 e. The minimum absolute atomic E-state index is 0.120. The lowest BCUT2D eigenvalue weighted by molar-refractivity contribution is -0.122. The summed E-state index contributed by atoms with van der Waals surface area (Å²) in [5, 5.41) is 17.6. The van der Waals surface area contributed by atoms with Gasteiger partial charge in [0, 0.05) is 24.8 Å². The summed E-state index contributed by atoms with van der Waals surface area (Å²) in [5.41, 5.74) is -0.0516. The van der Waals surface area contributed by atoms with Crippen molar-refractivity contribution in [1.82, 2.24) is 19.1 Å². The molecule has 0 radical (unpaired) electrons. The molecule has 0 spiro atoms. The van der Waals surface area contributed by atoms with Crippen LogP contribution in [0.25, 0.3) is 11.4 Å². The Morgan fingerprint density at radius 3 is 2.91 bits per heavy atom. The Morgan fingerprint density at radius 2 is 2.23 bits per heavy atom. The molecule has 0 unspecified atom stereocenters. The first kappa shape index (κ1) is 15.1. The largest absolute Gasteiger partial charge is 0.389 e. The third-order valence-electron chi connectivity index (χ3n) is 3.91. The van der Waals surface area contributed by atoms with Gasteiger partial charge in [-0.2, -0.15) is 14.5 Å². The first-order valence-electron chi connectivity index (χ1n) is 7.39. The number of amides is 1. The minimum Gasteiger partial charge on any atom is -0.389 e. The summed E-state index contributed by atoms with van der Waals surface area (Å²) in [4.78, 5) is 16.4. The van der Waals surface area contributed by atoms with Crippen LogP contribution >= 0.6 is 11.5 Å². The zero-order chi connectivity index (χ0) is 15.6. The highest BCUT2D eigenvalue weighted by Crippen LogP contribution is 2.31. The highest BCUT2D eigenvalue weighted by molar-refractivity contribution is 7.10. The van der Waals surface area contributed by atoms with E-state index in [0.29, 0.717) is 23.8 Å². The molecule has 0 bridgehead atoms. The molecule has 1 fully saturated rings. The van der Waals surface area contributed by atoms with Crippen molar-refractivity contribution < 1.29 is 9.90 Å². The lowest BCUT2D eigenvalue weighted by Gasteiger charge is -2.31. The molecule has 118 valence electrons. The molecule has 1 amide bonds. The summed E-state index contributed by atoms with van der Waals surface area (Å²) in [6.45, 7) is 0. The van der Waals surface area contributed by atoms with Crippen LogP contribution in [0.5, 0.6) is 0 Å². The molecule has 1 aliphatic carbocycles. The van der Waals surface area contributed by atoms with Crippen molar-refractivity contribution in [2.24, 2.45) is 7.05 Å². The topological polar surface area (TPSA) is 92.9 Å². The van der Waals surface area contributed by atoms with E-state index in [1.165, 1.54) is 0 Å². The maximum absolute atomic E-state index is 12.1. The molecular formula is C14H19N5O2S.